The number of carbonyl (C=O) groups excluding carboxylic acids is 1. The van der Waals surface area contributed by atoms with Crippen molar-refractivity contribution in [1.82, 2.24) is 4.31 Å². The number of aliphatic hydroxyl groups excluding tert-OH is 1. The molecule has 6 heteroatoms. The van der Waals surface area contributed by atoms with Crippen LogP contribution in [0.25, 0.3) is 0 Å². The monoisotopic (exact) mass is 441 g/mol. The lowest BCUT2D eigenvalue weighted by atomic mass is 9.95. The molecule has 1 aliphatic carbocycles. The Labute approximate surface area is 185 Å². The predicted octanol–water partition coefficient (Wildman–Crippen LogP) is 4.48. The first-order valence-electron chi connectivity index (χ1n) is 11.2. The molecule has 2 aromatic carbocycles. The molecule has 4 atom stereocenters. The number of sulfonamides is 1. The lowest BCUT2D eigenvalue weighted by Crippen LogP contribution is -2.44. The molecule has 4 rings (SSSR count). The van der Waals surface area contributed by atoms with Crippen molar-refractivity contribution in [2.24, 2.45) is 5.92 Å². The van der Waals surface area contributed by atoms with Crippen LogP contribution in [0.5, 0.6) is 0 Å². The Hall–Kier alpha value is -2.02. The smallest absolute Gasteiger partial charge is 0.221 e. The average molecular weight is 442 g/mol. The van der Waals surface area contributed by atoms with Gasteiger partial charge in [0.05, 0.1) is 6.10 Å². The number of nitrogens with zero attached hydrogens (tertiary/aromatic N) is 1. The van der Waals surface area contributed by atoms with Gasteiger partial charge in [-0.1, -0.05) is 61.0 Å². The van der Waals surface area contributed by atoms with Crippen LogP contribution >= 0.6 is 0 Å². The van der Waals surface area contributed by atoms with Gasteiger partial charge >= 0.3 is 0 Å². The van der Waals surface area contributed by atoms with Crippen LogP contribution in [-0.2, 0) is 16.6 Å². The highest BCUT2D eigenvalue weighted by atomic mass is 32.2. The molecule has 31 heavy (non-hydrogen) atoms. The Morgan fingerprint density at radius 2 is 1.71 bits per heavy atom. The summed E-state index contributed by atoms with van der Waals surface area (Å²) in [5, 5.41) is 9.46. The normalized spacial score (nSPS) is 28.5. The summed E-state index contributed by atoms with van der Waals surface area (Å²) in [5.41, 5.74) is 2.34. The minimum absolute atomic E-state index is 0.0422. The van der Waals surface area contributed by atoms with Gasteiger partial charge in [0.25, 0.3) is 0 Å². The summed E-state index contributed by atoms with van der Waals surface area (Å²) >= 11 is 0. The molecule has 2 aliphatic rings. The van der Waals surface area contributed by atoms with Crippen molar-refractivity contribution in [2.75, 3.05) is 0 Å². The summed E-state index contributed by atoms with van der Waals surface area (Å²) in [6.07, 6.45) is 4.11. The SMILES string of the molecule is C[C@H]1CCC(c2ccccc2)S(=O)(=O)N1Cc1ccc(C(=O)CC2CCCC2O)cc1. The molecule has 0 radical (unpaired) electrons. The van der Waals surface area contributed by atoms with Crippen molar-refractivity contribution in [3.63, 3.8) is 0 Å². The van der Waals surface area contributed by atoms with Crippen LogP contribution in [0.4, 0.5) is 0 Å². The van der Waals surface area contributed by atoms with Gasteiger partial charge in [-0.15, -0.1) is 0 Å². The number of carbonyl (C=O) groups is 1. The van der Waals surface area contributed by atoms with E-state index in [1.165, 1.54) is 0 Å². The third-order valence-electron chi connectivity index (χ3n) is 6.88. The van der Waals surface area contributed by atoms with Gasteiger partial charge in [-0.25, -0.2) is 8.42 Å². The molecule has 0 spiro atoms. The van der Waals surface area contributed by atoms with Crippen molar-refractivity contribution < 1.29 is 18.3 Å². The summed E-state index contributed by atoms with van der Waals surface area (Å²) in [6, 6.07) is 16.7. The van der Waals surface area contributed by atoms with Gasteiger partial charge in [-0.05, 0) is 49.7 Å². The highest BCUT2D eigenvalue weighted by molar-refractivity contribution is 7.89. The molecule has 0 aromatic heterocycles. The van der Waals surface area contributed by atoms with E-state index >= 15 is 0 Å². The second kappa shape index (κ2) is 9.23. The van der Waals surface area contributed by atoms with Crippen LogP contribution in [0.1, 0.15) is 72.2 Å². The third kappa shape index (κ3) is 4.76. The number of ketones is 1. The zero-order chi connectivity index (χ0) is 22.0. The van der Waals surface area contributed by atoms with E-state index in [1.807, 2.05) is 49.4 Å². The summed E-state index contributed by atoms with van der Waals surface area (Å²) in [7, 11) is -3.47. The topological polar surface area (TPSA) is 74.7 Å². The maximum atomic E-state index is 13.4. The first kappa shape index (κ1) is 22.2. The Kier molecular flexibility index (Phi) is 6.60. The molecule has 1 saturated carbocycles. The standard InChI is InChI=1S/C25H31NO4S/c1-18-10-15-25(21-6-3-2-4-7-21)31(29,30)26(18)17-19-11-13-20(14-12-19)24(28)16-22-8-5-9-23(22)27/h2-4,6-7,11-14,18,22-23,25,27H,5,8-10,15-17H2,1H3/t18-,22?,23?,25?/m0/s1. The first-order valence-corrected chi connectivity index (χ1v) is 12.7. The highest BCUT2D eigenvalue weighted by Crippen LogP contribution is 2.38. The number of rotatable bonds is 6. The molecule has 1 aliphatic heterocycles. The Bertz CT molecular complexity index is 1000. The largest absolute Gasteiger partial charge is 0.393 e. The second-order valence-corrected chi connectivity index (χ2v) is 11.1. The Balaban J connectivity index is 1.47. The van der Waals surface area contributed by atoms with Gasteiger partial charge in [-0.2, -0.15) is 4.31 Å². The fraction of sp³-hybridized carbons (Fsp3) is 0.480. The summed E-state index contributed by atoms with van der Waals surface area (Å²) in [5.74, 6) is 0.0991. The number of hydrogen-bond acceptors (Lipinski definition) is 4. The minimum Gasteiger partial charge on any atom is -0.393 e. The molecular weight excluding hydrogens is 410 g/mol. The first-order chi connectivity index (χ1) is 14.9. The number of aliphatic hydroxyl groups is 1. The van der Waals surface area contributed by atoms with Gasteiger partial charge in [0.15, 0.2) is 5.78 Å². The zero-order valence-corrected chi connectivity index (χ0v) is 18.8. The van der Waals surface area contributed by atoms with Crippen LogP contribution < -0.4 is 0 Å². The number of benzene rings is 2. The van der Waals surface area contributed by atoms with Crippen LogP contribution in [0, 0.1) is 5.92 Å². The third-order valence-corrected chi connectivity index (χ3v) is 9.25. The van der Waals surface area contributed by atoms with E-state index < -0.39 is 15.3 Å². The van der Waals surface area contributed by atoms with Crippen molar-refractivity contribution >= 4 is 15.8 Å². The maximum absolute atomic E-state index is 13.4. The Morgan fingerprint density at radius 3 is 2.35 bits per heavy atom. The van der Waals surface area contributed by atoms with Gasteiger partial charge < -0.3 is 5.11 Å². The van der Waals surface area contributed by atoms with E-state index in [1.54, 1.807) is 16.4 Å². The van der Waals surface area contributed by atoms with Crippen molar-refractivity contribution in [1.29, 1.82) is 0 Å². The van der Waals surface area contributed by atoms with Crippen molar-refractivity contribution in [3.05, 3.63) is 71.3 Å². The van der Waals surface area contributed by atoms with Gasteiger partial charge in [0.2, 0.25) is 10.0 Å². The fourth-order valence-electron chi connectivity index (χ4n) is 4.94. The van der Waals surface area contributed by atoms with E-state index in [2.05, 4.69) is 0 Å². The van der Waals surface area contributed by atoms with Gasteiger partial charge in [0.1, 0.15) is 5.25 Å². The number of Topliss-reactive ketones (excluding diaryl/α,β-unsaturated/α-hetero) is 1. The summed E-state index contributed by atoms with van der Waals surface area (Å²) < 4.78 is 28.4. The molecule has 1 heterocycles. The Morgan fingerprint density at radius 1 is 1.00 bits per heavy atom. The lowest BCUT2D eigenvalue weighted by molar-refractivity contribution is 0.0868. The fourth-order valence-corrected chi connectivity index (χ4v) is 7.14. The molecule has 2 fully saturated rings. The molecule has 166 valence electrons. The molecular formula is C25H31NO4S. The molecule has 3 unspecified atom stereocenters. The zero-order valence-electron chi connectivity index (χ0n) is 18.0. The second-order valence-electron chi connectivity index (χ2n) is 9.00. The average Bonchev–Trinajstić information content (AvgIpc) is 3.16. The summed E-state index contributed by atoms with van der Waals surface area (Å²) in [4.78, 5) is 12.6. The molecule has 1 N–H and O–H groups in total. The summed E-state index contributed by atoms with van der Waals surface area (Å²) in [6.45, 7) is 2.27. The highest BCUT2D eigenvalue weighted by Gasteiger charge is 2.40. The van der Waals surface area contributed by atoms with Crippen LogP contribution in [0.2, 0.25) is 0 Å². The molecule has 0 amide bonds. The lowest BCUT2D eigenvalue weighted by Gasteiger charge is -2.37. The van der Waals surface area contributed by atoms with Crippen LogP contribution in [0.3, 0.4) is 0 Å². The van der Waals surface area contributed by atoms with E-state index in [0.717, 1.165) is 36.8 Å². The van der Waals surface area contributed by atoms with Crippen molar-refractivity contribution in [2.45, 2.75) is 69.4 Å². The van der Waals surface area contributed by atoms with Crippen molar-refractivity contribution in [3.8, 4) is 0 Å². The van der Waals surface area contributed by atoms with Crippen LogP contribution in [0.15, 0.2) is 54.6 Å². The molecule has 5 nitrogen and oxygen atoms in total. The van der Waals surface area contributed by atoms with Gasteiger partial charge in [-0.3, -0.25) is 4.79 Å². The predicted molar refractivity (Wildman–Crippen MR) is 121 cm³/mol. The molecule has 0 bridgehead atoms. The van der Waals surface area contributed by atoms with Gasteiger partial charge in [0, 0.05) is 24.6 Å². The van der Waals surface area contributed by atoms with Crippen LogP contribution in [-0.4, -0.2) is 35.8 Å². The van der Waals surface area contributed by atoms with E-state index in [0.29, 0.717) is 24.9 Å². The quantitative estimate of drug-likeness (QED) is 0.671. The number of hydrogen-bond donors (Lipinski definition) is 1. The van der Waals surface area contributed by atoms with E-state index in [-0.39, 0.29) is 23.8 Å². The maximum Gasteiger partial charge on any atom is 0.221 e. The minimum atomic E-state index is -3.47. The molecule has 2 aromatic rings. The molecule has 1 saturated heterocycles. The van der Waals surface area contributed by atoms with E-state index in [4.69, 9.17) is 0 Å². The van der Waals surface area contributed by atoms with E-state index in [9.17, 15) is 18.3 Å².